The van der Waals surface area contributed by atoms with Gasteiger partial charge in [-0.3, -0.25) is 29.4 Å². The van der Waals surface area contributed by atoms with E-state index in [0.717, 1.165) is 10.5 Å². The Morgan fingerprint density at radius 3 is 1.97 bits per heavy atom. The first-order valence-electron chi connectivity index (χ1n) is 11.3. The van der Waals surface area contributed by atoms with Crippen LogP contribution in [0, 0.1) is 23.0 Å². The van der Waals surface area contributed by atoms with E-state index in [1.54, 1.807) is 31.2 Å². The molecule has 0 radical (unpaired) electrons. The molecule has 3 aromatic rings. The van der Waals surface area contributed by atoms with E-state index in [0.29, 0.717) is 0 Å². The molecule has 2 atom stereocenters. The molecule has 1 aliphatic rings. The number of ketones is 1. The minimum Gasteiger partial charge on any atom is -0.300 e. The highest BCUT2D eigenvalue weighted by atomic mass is 32.2. The number of Topliss-reactive ketones (excluding diaryl/α,β-unsaturated/α-hetero) is 1. The van der Waals surface area contributed by atoms with Gasteiger partial charge >= 0.3 is 0 Å². The van der Waals surface area contributed by atoms with Crippen molar-refractivity contribution in [1.29, 1.82) is 0 Å². The molecule has 4 rings (SSSR count). The van der Waals surface area contributed by atoms with Crippen LogP contribution in [0.25, 0.3) is 0 Å². The van der Waals surface area contributed by atoms with Crippen LogP contribution in [-0.2, 0) is 14.8 Å². The lowest BCUT2D eigenvalue weighted by Gasteiger charge is -2.29. The van der Waals surface area contributed by atoms with Crippen molar-refractivity contribution in [2.24, 2.45) is 5.92 Å². The Hall–Kier alpha value is -4.22. The minimum atomic E-state index is -4.17. The molecule has 0 saturated heterocycles. The van der Waals surface area contributed by atoms with Crippen LogP contribution in [-0.4, -0.2) is 42.4 Å². The molecule has 11 heteroatoms. The number of nitro groups is 1. The average molecular weight is 522 g/mol. The van der Waals surface area contributed by atoms with Gasteiger partial charge in [-0.05, 0) is 43.7 Å². The molecule has 0 aromatic heterocycles. The molecule has 0 spiro atoms. The summed E-state index contributed by atoms with van der Waals surface area (Å²) >= 11 is 0. The van der Waals surface area contributed by atoms with Gasteiger partial charge in [-0.1, -0.05) is 42.0 Å². The predicted molar refractivity (Wildman–Crippen MR) is 133 cm³/mol. The fraction of sp³-hybridized carbons (Fsp3) is 0.192. The van der Waals surface area contributed by atoms with Crippen LogP contribution in [0.2, 0.25) is 0 Å². The predicted octanol–water partition coefficient (Wildman–Crippen LogP) is 3.42. The topological polar surface area (TPSA) is 144 Å². The smallest absolute Gasteiger partial charge is 0.269 e. The number of carbonyl (C=O) groups is 3. The number of nitro benzene ring substituents is 1. The number of hydrogen-bond acceptors (Lipinski definition) is 7. The minimum absolute atomic E-state index is 0.0481. The van der Waals surface area contributed by atoms with E-state index >= 15 is 0 Å². The second-order valence-corrected chi connectivity index (χ2v) is 10.5. The van der Waals surface area contributed by atoms with Gasteiger partial charge in [-0.25, -0.2) is 13.1 Å². The van der Waals surface area contributed by atoms with Gasteiger partial charge in [0.15, 0.2) is 0 Å². The maximum Gasteiger partial charge on any atom is 0.269 e. The summed E-state index contributed by atoms with van der Waals surface area (Å²) in [5.74, 6) is -2.83. The number of nitrogens with zero attached hydrogens (tertiary/aromatic N) is 2. The number of aryl methyl sites for hydroxylation is 1. The number of amides is 2. The molecule has 37 heavy (non-hydrogen) atoms. The molecule has 1 N–H and O–H groups in total. The summed E-state index contributed by atoms with van der Waals surface area (Å²) in [7, 11) is -4.17. The van der Waals surface area contributed by atoms with Gasteiger partial charge in [0.1, 0.15) is 5.78 Å². The maximum absolute atomic E-state index is 13.3. The van der Waals surface area contributed by atoms with Gasteiger partial charge in [0.05, 0.1) is 32.9 Å². The van der Waals surface area contributed by atoms with Crippen LogP contribution in [0.1, 0.15) is 44.8 Å². The van der Waals surface area contributed by atoms with Crippen LogP contribution >= 0.6 is 0 Å². The van der Waals surface area contributed by atoms with Gasteiger partial charge in [-0.15, -0.1) is 0 Å². The summed E-state index contributed by atoms with van der Waals surface area (Å²) in [6.45, 7) is 2.65. The molecule has 190 valence electrons. The van der Waals surface area contributed by atoms with Crippen LogP contribution in [0.4, 0.5) is 5.69 Å². The zero-order chi connectivity index (χ0) is 26.9. The van der Waals surface area contributed by atoms with E-state index < -0.39 is 44.5 Å². The summed E-state index contributed by atoms with van der Waals surface area (Å²) < 4.78 is 29.1. The largest absolute Gasteiger partial charge is 0.300 e. The summed E-state index contributed by atoms with van der Waals surface area (Å²) in [5.41, 5.74) is 1.28. The van der Waals surface area contributed by atoms with Crippen LogP contribution in [0.3, 0.4) is 0 Å². The summed E-state index contributed by atoms with van der Waals surface area (Å²) in [6.07, 6.45) is 0. The van der Waals surface area contributed by atoms with Crippen molar-refractivity contribution in [1.82, 2.24) is 9.62 Å². The fourth-order valence-corrected chi connectivity index (χ4v) is 5.47. The molecule has 0 aliphatic carbocycles. The van der Waals surface area contributed by atoms with E-state index in [-0.39, 0.29) is 33.8 Å². The summed E-state index contributed by atoms with van der Waals surface area (Å²) in [4.78, 5) is 50.2. The Morgan fingerprint density at radius 1 is 0.946 bits per heavy atom. The second-order valence-electron chi connectivity index (χ2n) is 8.74. The quantitative estimate of drug-likeness (QED) is 0.258. The van der Waals surface area contributed by atoms with Crippen LogP contribution in [0.15, 0.2) is 77.7 Å². The number of nitrogens with one attached hydrogen (secondary N) is 1. The van der Waals surface area contributed by atoms with Crippen molar-refractivity contribution < 1.29 is 27.7 Å². The van der Waals surface area contributed by atoms with Gasteiger partial charge in [0, 0.05) is 18.7 Å². The standard InChI is InChI=1S/C26H23N3O7S/c1-16-7-13-20(14-8-16)37(35,36)27-24(18-9-11-19(12-10-18)29(33)34)23(17(2)30)15-28-25(31)21-5-3-4-6-22(21)26(28)32/h3-14,23-24,27H,15H2,1-2H3/t23-,24+/m0/s1. The first kappa shape index (κ1) is 25.9. The van der Waals surface area contributed by atoms with E-state index in [9.17, 15) is 32.9 Å². The lowest BCUT2D eigenvalue weighted by molar-refractivity contribution is -0.384. The zero-order valence-corrected chi connectivity index (χ0v) is 20.8. The number of imide groups is 1. The van der Waals surface area contributed by atoms with Crippen LogP contribution in [0.5, 0.6) is 0 Å². The molecule has 1 heterocycles. The molecule has 2 amide bonds. The lowest BCUT2D eigenvalue weighted by Crippen LogP contribution is -2.44. The molecular weight excluding hydrogens is 498 g/mol. The summed E-state index contributed by atoms with van der Waals surface area (Å²) in [5, 5.41) is 11.1. The molecule has 0 saturated carbocycles. The van der Waals surface area contributed by atoms with Crippen molar-refractivity contribution in [2.45, 2.75) is 24.8 Å². The number of rotatable bonds is 9. The third-order valence-electron chi connectivity index (χ3n) is 6.26. The number of sulfonamides is 1. The average Bonchev–Trinajstić information content (AvgIpc) is 3.11. The normalized spacial score (nSPS) is 14.8. The maximum atomic E-state index is 13.3. The van der Waals surface area contributed by atoms with Gasteiger partial charge < -0.3 is 0 Å². The van der Waals surface area contributed by atoms with E-state index in [1.807, 2.05) is 0 Å². The van der Waals surface area contributed by atoms with Gasteiger partial charge in [-0.2, -0.15) is 0 Å². The monoisotopic (exact) mass is 521 g/mol. The number of non-ortho nitro benzene ring substituents is 1. The van der Waals surface area contributed by atoms with Crippen molar-refractivity contribution in [2.75, 3.05) is 6.54 Å². The molecule has 3 aromatic carbocycles. The summed E-state index contributed by atoms with van der Waals surface area (Å²) in [6, 6.07) is 16.2. The molecule has 0 bridgehead atoms. The Bertz CT molecular complexity index is 1460. The van der Waals surface area contributed by atoms with Crippen molar-refractivity contribution in [3.63, 3.8) is 0 Å². The number of carbonyl (C=O) groups excluding carboxylic acids is 3. The van der Waals surface area contributed by atoms with E-state index in [2.05, 4.69) is 4.72 Å². The highest BCUT2D eigenvalue weighted by Gasteiger charge is 2.40. The fourth-order valence-electron chi connectivity index (χ4n) is 4.21. The molecule has 1 aliphatic heterocycles. The number of fused-ring (bicyclic) bond motifs is 1. The van der Waals surface area contributed by atoms with Crippen molar-refractivity contribution in [3.05, 3.63) is 105 Å². The van der Waals surface area contributed by atoms with Gasteiger partial charge in [0.25, 0.3) is 17.5 Å². The Kier molecular flexibility index (Phi) is 7.01. The third kappa shape index (κ3) is 5.18. The molecular formula is C26H23N3O7S. The van der Waals surface area contributed by atoms with Gasteiger partial charge in [0.2, 0.25) is 10.0 Å². The third-order valence-corrected chi connectivity index (χ3v) is 7.72. The van der Waals surface area contributed by atoms with Crippen LogP contribution < -0.4 is 4.72 Å². The van der Waals surface area contributed by atoms with E-state index in [1.165, 1.54) is 55.5 Å². The van der Waals surface area contributed by atoms with E-state index in [4.69, 9.17) is 0 Å². The first-order chi connectivity index (χ1) is 17.5. The Labute approximate surface area is 213 Å². The van der Waals surface area contributed by atoms with Crippen molar-refractivity contribution in [3.8, 4) is 0 Å². The number of hydrogen-bond donors (Lipinski definition) is 1. The lowest BCUT2D eigenvalue weighted by atomic mass is 9.90. The molecule has 0 fully saturated rings. The number of benzene rings is 3. The highest BCUT2D eigenvalue weighted by molar-refractivity contribution is 7.89. The molecule has 10 nitrogen and oxygen atoms in total. The molecule has 0 unspecified atom stereocenters. The Balaban J connectivity index is 1.74. The first-order valence-corrected chi connectivity index (χ1v) is 12.8. The van der Waals surface area contributed by atoms with Crippen molar-refractivity contribution >= 4 is 33.3 Å². The highest BCUT2D eigenvalue weighted by Crippen LogP contribution is 2.31. The second kappa shape index (κ2) is 10.0. The zero-order valence-electron chi connectivity index (χ0n) is 20.0. The Morgan fingerprint density at radius 2 is 1.49 bits per heavy atom. The SMILES string of the molecule is CC(=O)[C@H](CN1C(=O)c2ccccc2C1=O)[C@H](NS(=O)(=O)c1ccc(C)cc1)c1ccc([N+](=O)[O-])cc1.